The standard InChI is InChI=1S/C12H22O2/c1-11(2)3-5-12(9-13,6-4-11)7-10-8-14-10/h10,13H,3-9H2,1-2H3. The van der Waals surface area contributed by atoms with Crippen molar-refractivity contribution in [3.05, 3.63) is 0 Å². The predicted molar refractivity (Wildman–Crippen MR) is 56.1 cm³/mol. The summed E-state index contributed by atoms with van der Waals surface area (Å²) >= 11 is 0. The van der Waals surface area contributed by atoms with Crippen molar-refractivity contribution in [2.75, 3.05) is 13.2 Å². The van der Waals surface area contributed by atoms with E-state index in [1.807, 2.05) is 0 Å². The second-order valence-electron chi connectivity index (χ2n) is 5.98. The van der Waals surface area contributed by atoms with Crippen LogP contribution in [0.4, 0.5) is 0 Å². The second-order valence-corrected chi connectivity index (χ2v) is 5.98. The smallest absolute Gasteiger partial charge is 0.0816 e. The fourth-order valence-corrected chi connectivity index (χ4v) is 2.55. The lowest BCUT2D eigenvalue weighted by Crippen LogP contribution is -2.35. The maximum atomic E-state index is 9.53. The fraction of sp³-hybridized carbons (Fsp3) is 1.00. The average Bonchev–Trinajstić information content (AvgIpc) is 2.93. The zero-order valence-electron chi connectivity index (χ0n) is 9.38. The van der Waals surface area contributed by atoms with Crippen LogP contribution >= 0.6 is 0 Å². The van der Waals surface area contributed by atoms with Gasteiger partial charge in [-0.05, 0) is 42.9 Å². The number of hydrogen-bond acceptors (Lipinski definition) is 2. The summed E-state index contributed by atoms with van der Waals surface area (Å²) < 4.78 is 5.28. The topological polar surface area (TPSA) is 32.8 Å². The Morgan fingerprint density at radius 1 is 1.21 bits per heavy atom. The lowest BCUT2D eigenvalue weighted by Gasteiger charge is -2.42. The SMILES string of the molecule is CC1(C)CCC(CO)(CC2CO2)CC1. The molecule has 1 unspecified atom stereocenters. The molecule has 14 heavy (non-hydrogen) atoms. The van der Waals surface area contributed by atoms with E-state index in [0.717, 1.165) is 13.0 Å². The van der Waals surface area contributed by atoms with Gasteiger partial charge in [-0.3, -0.25) is 0 Å². The third-order valence-corrected chi connectivity index (χ3v) is 4.06. The molecule has 1 heterocycles. The molecule has 1 saturated carbocycles. The van der Waals surface area contributed by atoms with Gasteiger partial charge in [-0.15, -0.1) is 0 Å². The van der Waals surface area contributed by atoms with Crippen molar-refractivity contribution in [3.63, 3.8) is 0 Å². The highest BCUT2D eigenvalue weighted by Gasteiger charge is 2.42. The highest BCUT2D eigenvalue weighted by atomic mass is 16.6. The number of ether oxygens (including phenoxy) is 1. The van der Waals surface area contributed by atoms with Crippen molar-refractivity contribution < 1.29 is 9.84 Å². The monoisotopic (exact) mass is 198 g/mol. The van der Waals surface area contributed by atoms with Gasteiger partial charge in [0, 0.05) is 6.61 Å². The Kier molecular flexibility index (Phi) is 2.61. The summed E-state index contributed by atoms with van der Waals surface area (Å²) in [6.45, 7) is 5.94. The molecule has 1 saturated heterocycles. The zero-order chi connectivity index (χ0) is 10.2. The molecule has 0 radical (unpaired) electrons. The van der Waals surface area contributed by atoms with E-state index >= 15 is 0 Å². The molecule has 1 atom stereocenters. The predicted octanol–water partition coefficient (Wildman–Crippen LogP) is 2.35. The van der Waals surface area contributed by atoms with Crippen LogP contribution in [0.1, 0.15) is 46.0 Å². The Hall–Kier alpha value is -0.0800. The Balaban J connectivity index is 1.93. The largest absolute Gasteiger partial charge is 0.396 e. The minimum Gasteiger partial charge on any atom is -0.396 e. The molecule has 0 aromatic carbocycles. The Labute approximate surface area is 86.6 Å². The molecule has 2 nitrogen and oxygen atoms in total. The van der Waals surface area contributed by atoms with Gasteiger partial charge in [0.1, 0.15) is 0 Å². The van der Waals surface area contributed by atoms with Crippen molar-refractivity contribution in [3.8, 4) is 0 Å². The van der Waals surface area contributed by atoms with Gasteiger partial charge in [-0.1, -0.05) is 13.8 Å². The van der Waals surface area contributed by atoms with E-state index in [1.54, 1.807) is 0 Å². The van der Waals surface area contributed by atoms with Crippen LogP contribution in [0, 0.1) is 10.8 Å². The van der Waals surface area contributed by atoms with Crippen molar-refractivity contribution in [1.82, 2.24) is 0 Å². The number of hydrogen-bond donors (Lipinski definition) is 1. The van der Waals surface area contributed by atoms with Crippen LogP contribution in [-0.2, 0) is 4.74 Å². The van der Waals surface area contributed by atoms with Gasteiger partial charge in [-0.2, -0.15) is 0 Å². The number of epoxide rings is 1. The molecular weight excluding hydrogens is 176 g/mol. The third kappa shape index (κ3) is 2.29. The summed E-state index contributed by atoms with van der Waals surface area (Å²) in [7, 11) is 0. The number of rotatable bonds is 3. The van der Waals surface area contributed by atoms with E-state index in [2.05, 4.69) is 13.8 Å². The van der Waals surface area contributed by atoms with Gasteiger partial charge >= 0.3 is 0 Å². The molecule has 1 N–H and O–H groups in total. The molecule has 0 spiro atoms. The van der Waals surface area contributed by atoms with Crippen LogP contribution in [-0.4, -0.2) is 24.4 Å². The third-order valence-electron chi connectivity index (χ3n) is 4.06. The Bertz CT molecular complexity index is 196. The Morgan fingerprint density at radius 2 is 1.79 bits per heavy atom. The van der Waals surface area contributed by atoms with Gasteiger partial charge in [0.15, 0.2) is 0 Å². The summed E-state index contributed by atoms with van der Waals surface area (Å²) in [5.74, 6) is 0. The normalized spacial score (nSPS) is 34.1. The maximum Gasteiger partial charge on any atom is 0.0816 e. The summed E-state index contributed by atoms with van der Waals surface area (Å²) in [5.41, 5.74) is 0.680. The van der Waals surface area contributed by atoms with E-state index in [-0.39, 0.29) is 5.41 Å². The van der Waals surface area contributed by atoms with Crippen LogP contribution in [0.5, 0.6) is 0 Å². The molecule has 1 aliphatic carbocycles. The van der Waals surface area contributed by atoms with Crippen LogP contribution < -0.4 is 0 Å². The molecule has 2 heteroatoms. The quantitative estimate of drug-likeness (QED) is 0.706. The minimum absolute atomic E-state index is 0.191. The van der Waals surface area contributed by atoms with Crippen LogP contribution in [0.15, 0.2) is 0 Å². The average molecular weight is 198 g/mol. The lowest BCUT2D eigenvalue weighted by molar-refractivity contribution is 0.0274. The molecular formula is C12H22O2. The van der Waals surface area contributed by atoms with E-state index in [1.165, 1.54) is 25.7 Å². The molecule has 1 aliphatic heterocycles. The van der Waals surface area contributed by atoms with E-state index in [0.29, 0.717) is 18.1 Å². The molecule has 0 aromatic rings. The van der Waals surface area contributed by atoms with Gasteiger partial charge in [-0.25, -0.2) is 0 Å². The first kappa shape index (κ1) is 10.4. The number of aliphatic hydroxyl groups excluding tert-OH is 1. The Morgan fingerprint density at radius 3 is 2.21 bits per heavy atom. The summed E-state index contributed by atoms with van der Waals surface area (Å²) in [6, 6.07) is 0. The van der Waals surface area contributed by atoms with Crippen LogP contribution in [0.25, 0.3) is 0 Å². The van der Waals surface area contributed by atoms with Crippen molar-refractivity contribution in [1.29, 1.82) is 0 Å². The molecule has 0 aromatic heterocycles. The summed E-state index contributed by atoms with van der Waals surface area (Å²) in [5, 5.41) is 9.53. The van der Waals surface area contributed by atoms with Crippen LogP contribution in [0.3, 0.4) is 0 Å². The fourth-order valence-electron chi connectivity index (χ4n) is 2.55. The summed E-state index contributed by atoms with van der Waals surface area (Å²) in [4.78, 5) is 0. The molecule has 82 valence electrons. The van der Waals surface area contributed by atoms with Crippen LogP contribution in [0.2, 0.25) is 0 Å². The van der Waals surface area contributed by atoms with Gasteiger partial charge < -0.3 is 9.84 Å². The van der Waals surface area contributed by atoms with Crippen molar-refractivity contribution in [2.45, 2.75) is 52.1 Å². The molecule has 2 aliphatic rings. The molecule has 2 rings (SSSR count). The highest BCUT2D eigenvalue weighted by molar-refractivity contribution is 4.92. The second kappa shape index (κ2) is 3.49. The van der Waals surface area contributed by atoms with E-state index in [9.17, 15) is 5.11 Å². The minimum atomic E-state index is 0.191. The van der Waals surface area contributed by atoms with E-state index < -0.39 is 0 Å². The molecule has 0 bridgehead atoms. The molecule has 0 amide bonds. The highest BCUT2D eigenvalue weighted by Crippen LogP contribution is 2.48. The van der Waals surface area contributed by atoms with Gasteiger partial charge in [0.25, 0.3) is 0 Å². The lowest BCUT2D eigenvalue weighted by atomic mass is 9.64. The van der Waals surface area contributed by atoms with E-state index in [4.69, 9.17) is 4.74 Å². The summed E-state index contributed by atoms with van der Waals surface area (Å²) in [6.07, 6.45) is 6.40. The number of aliphatic hydroxyl groups is 1. The first-order valence-corrected chi connectivity index (χ1v) is 5.78. The van der Waals surface area contributed by atoms with Crippen molar-refractivity contribution in [2.24, 2.45) is 10.8 Å². The van der Waals surface area contributed by atoms with Crippen molar-refractivity contribution >= 4 is 0 Å². The first-order chi connectivity index (χ1) is 6.55. The zero-order valence-corrected chi connectivity index (χ0v) is 9.38. The first-order valence-electron chi connectivity index (χ1n) is 5.78. The van der Waals surface area contributed by atoms with Gasteiger partial charge in [0.2, 0.25) is 0 Å². The molecule has 2 fully saturated rings. The maximum absolute atomic E-state index is 9.53. The van der Waals surface area contributed by atoms with Gasteiger partial charge in [0.05, 0.1) is 12.7 Å².